The van der Waals surface area contributed by atoms with Gasteiger partial charge in [0.2, 0.25) is 0 Å². The number of benzene rings is 1. The molecule has 0 saturated carbocycles. The Labute approximate surface area is 123 Å². The van der Waals surface area contributed by atoms with Crippen LogP contribution in [-0.2, 0) is 9.84 Å². The van der Waals surface area contributed by atoms with Gasteiger partial charge in [-0.2, -0.15) is 0 Å². The van der Waals surface area contributed by atoms with Crippen molar-refractivity contribution in [2.75, 3.05) is 13.4 Å². The van der Waals surface area contributed by atoms with Crippen LogP contribution in [0.5, 0.6) is 5.75 Å². The molecule has 0 radical (unpaired) electrons. The second-order valence-electron chi connectivity index (χ2n) is 3.94. The molecule has 2 atom stereocenters. The predicted molar refractivity (Wildman–Crippen MR) is 76.6 cm³/mol. The van der Waals surface area contributed by atoms with Crippen molar-refractivity contribution in [3.63, 3.8) is 0 Å². The summed E-state index contributed by atoms with van der Waals surface area (Å²) in [5.74, 6) is -0.143. The summed E-state index contributed by atoms with van der Waals surface area (Å²) in [5.41, 5.74) is 0.587. The molecule has 1 aromatic rings. The third-order valence-electron chi connectivity index (χ3n) is 2.66. The van der Waals surface area contributed by atoms with Gasteiger partial charge in [0.05, 0.1) is 21.7 Å². The van der Waals surface area contributed by atoms with Gasteiger partial charge in [-0.25, -0.2) is 12.8 Å². The van der Waals surface area contributed by atoms with Gasteiger partial charge < -0.3 is 4.74 Å². The molecule has 102 valence electrons. The fourth-order valence-electron chi connectivity index (χ4n) is 1.41. The molecule has 0 N–H and O–H groups in total. The number of sulfone groups is 1. The van der Waals surface area contributed by atoms with Crippen molar-refractivity contribution in [1.82, 2.24) is 0 Å². The number of hydrogen-bond donors (Lipinski definition) is 0. The van der Waals surface area contributed by atoms with Crippen molar-refractivity contribution in [2.24, 2.45) is 0 Å². The fraction of sp³-hybridized carbons (Fsp3) is 0.455. The molecule has 0 bridgehead atoms. The Hall–Kier alpha value is -0.140. The summed E-state index contributed by atoms with van der Waals surface area (Å²) < 4.78 is 41.8. The van der Waals surface area contributed by atoms with Crippen LogP contribution in [0.3, 0.4) is 0 Å². The lowest BCUT2D eigenvalue weighted by atomic mass is 10.1. The first-order chi connectivity index (χ1) is 8.18. The maximum atomic E-state index is 13.4. The SMILES string of the molecule is COc1cc(F)c(Br)cc1C(Br)C(C)S(C)(=O)=O. The van der Waals surface area contributed by atoms with Crippen LogP contribution < -0.4 is 4.74 Å². The lowest BCUT2D eigenvalue weighted by Crippen LogP contribution is -2.21. The average molecular weight is 404 g/mol. The van der Waals surface area contributed by atoms with E-state index < -0.39 is 25.7 Å². The van der Waals surface area contributed by atoms with Crippen molar-refractivity contribution in [3.05, 3.63) is 28.0 Å². The highest BCUT2D eigenvalue weighted by Gasteiger charge is 2.28. The van der Waals surface area contributed by atoms with Crippen molar-refractivity contribution in [1.29, 1.82) is 0 Å². The summed E-state index contributed by atoms with van der Waals surface area (Å²) in [4.78, 5) is -0.473. The molecular weight excluding hydrogens is 391 g/mol. The van der Waals surface area contributed by atoms with Gasteiger partial charge >= 0.3 is 0 Å². The summed E-state index contributed by atoms with van der Waals surface area (Å²) in [7, 11) is -1.80. The standard InChI is InChI=1S/C11H13Br2FO3S/c1-6(18(3,15)16)11(13)7-4-8(12)9(14)5-10(7)17-2/h4-6,11H,1-3H3. The summed E-state index contributed by atoms with van der Waals surface area (Å²) in [6.45, 7) is 1.59. The van der Waals surface area contributed by atoms with E-state index in [4.69, 9.17) is 4.74 Å². The zero-order chi connectivity index (χ0) is 14.1. The van der Waals surface area contributed by atoms with Gasteiger partial charge in [-0.15, -0.1) is 0 Å². The lowest BCUT2D eigenvalue weighted by Gasteiger charge is -2.20. The molecule has 0 aliphatic rings. The molecule has 0 aromatic heterocycles. The van der Waals surface area contributed by atoms with Gasteiger partial charge in [0.25, 0.3) is 0 Å². The van der Waals surface area contributed by atoms with E-state index in [-0.39, 0.29) is 4.47 Å². The highest BCUT2D eigenvalue weighted by atomic mass is 79.9. The molecule has 0 heterocycles. The highest BCUT2D eigenvalue weighted by Crippen LogP contribution is 2.38. The Balaban J connectivity index is 3.28. The van der Waals surface area contributed by atoms with Gasteiger partial charge in [-0.1, -0.05) is 15.9 Å². The fourth-order valence-corrected chi connectivity index (χ4v) is 3.88. The maximum Gasteiger partial charge on any atom is 0.151 e. The zero-order valence-corrected chi connectivity index (χ0v) is 14.1. The summed E-state index contributed by atoms with van der Waals surface area (Å²) in [6.07, 6.45) is 1.16. The van der Waals surface area contributed by atoms with E-state index >= 15 is 0 Å². The summed E-state index contributed by atoms with van der Waals surface area (Å²) in [5, 5.41) is -0.649. The van der Waals surface area contributed by atoms with Crippen molar-refractivity contribution in [3.8, 4) is 5.75 Å². The van der Waals surface area contributed by atoms with Crippen LogP contribution in [0.2, 0.25) is 0 Å². The van der Waals surface area contributed by atoms with Crippen LogP contribution >= 0.6 is 31.9 Å². The molecule has 0 amide bonds. The van der Waals surface area contributed by atoms with Crippen LogP contribution in [-0.4, -0.2) is 27.0 Å². The summed E-state index contributed by atoms with van der Waals surface area (Å²) >= 11 is 6.41. The van der Waals surface area contributed by atoms with Crippen LogP contribution in [0.4, 0.5) is 4.39 Å². The molecule has 0 aliphatic carbocycles. The van der Waals surface area contributed by atoms with Crippen molar-refractivity contribution < 1.29 is 17.5 Å². The Bertz CT molecular complexity index is 545. The quantitative estimate of drug-likeness (QED) is 0.723. The number of alkyl halides is 1. The van der Waals surface area contributed by atoms with Gasteiger partial charge in [0.1, 0.15) is 11.6 Å². The normalized spacial score (nSPS) is 15.2. The van der Waals surface area contributed by atoms with Crippen LogP contribution in [0.15, 0.2) is 16.6 Å². The minimum absolute atomic E-state index is 0.267. The number of hydrogen-bond acceptors (Lipinski definition) is 3. The van der Waals surface area contributed by atoms with E-state index in [1.54, 1.807) is 6.92 Å². The largest absolute Gasteiger partial charge is 0.496 e. The molecule has 0 saturated heterocycles. The molecule has 18 heavy (non-hydrogen) atoms. The molecular formula is C11H13Br2FO3S. The second kappa shape index (κ2) is 5.88. The number of methoxy groups -OCH3 is 1. The predicted octanol–water partition coefficient (Wildman–Crippen LogP) is 3.47. The second-order valence-corrected chi connectivity index (χ2v) is 8.19. The number of rotatable bonds is 4. The zero-order valence-electron chi connectivity index (χ0n) is 10.1. The van der Waals surface area contributed by atoms with E-state index in [0.717, 1.165) is 6.26 Å². The first-order valence-electron chi connectivity index (χ1n) is 5.04. The third-order valence-corrected chi connectivity index (χ3v) is 6.52. The van der Waals surface area contributed by atoms with Crippen molar-refractivity contribution in [2.45, 2.75) is 17.0 Å². The van der Waals surface area contributed by atoms with Gasteiger partial charge in [-0.05, 0) is 28.9 Å². The molecule has 0 aliphatic heterocycles. The molecule has 7 heteroatoms. The van der Waals surface area contributed by atoms with Crippen LogP contribution in [0.25, 0.3) is 0 Å². The smallest absolute Gasteiger partial charge is 0.151 e. The summed E-state index contributed by atoms with van der Waals surface area (Å²) in [6, 6.07) is 2.75. The van der Waals surface area contributed by atoms with Crippen molar-refractivity contribution >= 4 is 41.7 Å². The van der Waals surface area contributed by atoms with Gasteiger partial charge in [-0.3, -0.25) is 0 Å². The van der Waals surface area contributed by atoms with E-state index in [1.807, 2.05) is 0 Å². The van der Waals surface area contributed by atoms with E-state index in [2.05, 4.69) is 31.9 Å². The topological polar surface area (TPSA) is 43.4 Å². The molecule has 1 rings (SSSR count). The van der Waals surface area contributed by atoms with E-state index in [9.17, 15) is 12.8 Å². The van der Waals surface area contributed by atoms with Crippen LogP contribution in [0, 0.1) is 5.82 Å². The molecule has 3 nitrogen and oxygen atoms in total. The number of ether oxygens (including phenoxy) is 1. The van der Waals surface area contributed by atoms with Gasteiger partial charge in [0.15, 0.2) is 9.84 Å². The Kier molecular flexibility index (Phi) is 5.20. The lowest BCUT2D eigenvalue weighted by molar-refractivity contribution is 0.405. The maximum absolute atomic E-state index is 13.4. The molecule has 2 unspecified atom stereocenters. The number of halogens is 3. The Morgan fingerprint density at radius 1 is 1.39 bits per heavy atom. The first-order valence-corrected chi connectivity index (χ1v) is 8.70. The Morgan fingerprint density at radius 2 is 1.94 bits per heavy atom. The Morgan fingerprint density at radius 3 is 2.39 bits per heavy atom. The van der Waals surface area contributed by atoms with Gasteiger partial charge in [0, 0.05) is 17.9 Å². The van der Waals surface area contributed by atoms with Crippen LogP contribution in [0.1, 0.15) is 17.3 Å². The van der Waals surface area contributed by atoms with E-state index in [1.165, 1.54) is 19.2 Å². The monoisotopic (exact) mass is 402 g/mol. The molecule has 1 aromatic carbocycles. The molecule has 0 fully saturated rings. The average Bonchev–Trinajstić information content (AvgIpc) is 2.29. The van der Waals surface area contributed by atoms with E-state index in [0.29, 0.717) is 11.3 Å². The minimum atomic E-state index is -3.21. The molecule has 0 spiro atoms. The highest BCUT2D eigenvalue weighted by molar-refractivity contribution is 9.10. The minimum Gasteiger partial charge on any atom is -0.496 e. The third kappa shape index (κ3) is 3.45. The first kappa shape index (κ1) is 15.9.